The molecule has 6 heteroatoms. The number of hydrogen-bond donors (Lipinski definition) is 1. The number of nitrogens with one attached hydrogen (secondary N) is 1. The summed E-state index contributed by atoms with van der Waals surface area (Å²) in [7, 11) is 0. The van der Waals surface area contributed by atoms with E-state index >= 15 is 0 Å². The van der Waals surface area contributed by atoms with Crippen molar-refractivity contribution in [2.75, 3.05) is 11.9 Å². The molecule has 0 saturated heterocycles. The fourth-order valence-electron chi connectivity index (χ4n) is 1.56. The third-order valence-corrected chi connectivity index (χ3v) is 2.84. The van der Waals surface area contributed by atoms with E-state index in [0.29, 0.717) is 16.6 Å². The maximum atomic E-state index is 11.8. The number of hydrogen-bond acceptors (Lipinski definition) is 4. The van der Waals surface area contributed by atoms with Crippen LogP contribution in [-0.4, -0.2) is 22.5 Å². The molecule has 104 valence electrons. The summed E-state index contributed by atoms with van der Waals surface area (Å²) in [6.45, 7) is 3.59. The fourth-order valence-corrected chi connectivity index (χ4v) is 1.74. The summed E-state index contributed by atoms with van der Waals surface area (Å²) >= 11 is 5.89. The van der Waals surface area contributed by atoms with E-state index in [0.717, 1.165) is 11.3 Å². The lowest BCUT2D eigenvalue weighted by molar-refractivity contribution is -0.118. The normalized spacial score (nSPS) is 10.2. The van der Waals surface area contributed by atoms with Gasteiger partial charge in [0.15, 0.2) is 6.61 Å². The summed E-state index contributed by atoms with van der Waals surface area (Å²) in [6, 6.07) is 6.97. The van der Waals surface area contributed by atoms with Gasteiger partial charge < -0.3 is 10.1 Å². The van der Waals surface area contributed by atoms with Crippen molar-refractivity contribution in [3.63, 3.8) is 0 Å². The Hall–Kier alpha value is -2.14. The summed E-state index contributed by atoms with van der Waals surface area (Å²) in [5, 5.41) is 3.31. The van der Waals surface area contributed by atoms with Crippen molar-refractivity contribution < 1.29 is 9.53 Å². The Bertz CT molecular complexity index is 632. The van der Waals surface area contributed by atoms with Gasteiger partial charge in [0.05, 0.1) is 0 Å². The third-order valence-electron chi connectivity index (χ3n) is 2.60. The number of aromatic nitrogens is 2. The number of nitrogens with zero attached hydrogens (tertiary/aromatic N) is 2. The monoisotopic (exact) mass is 291 g/mol. The highest BCUT2D eigenvalue weighted by Gasteiger charge is 2.07. The molecule has 0 saturated carbocycles. The highest BCUT2D eigenvalue weighted by atomic mass is 35.5. The van der Waals surface area contributed by atoms with E-state index in [4.69, 9.17) is 16.3 Å². The molecule has 1 amide bonds. The summed E-state index contributed by atoms with van der Waals surface area (Å²) in [5.74, 6) is 0.0992. The summed E-state index contributed by atoms with van der Waals surface area (Å²) < 4.78 is 5.29. The molecule has 0 aliphatic carbocycles. The number of halogens is 1. The highest BCUT2D eigenvalue weighted by Crippen LogP contribution is 2.20. The molecule has 1 N–H and O–H groups in total. The number of benzene rings is 1. The predicted octanol–water partition coefficient (Wildman–Crippen LogP) is 2.76. The van der Waals surface area contributed by atoms with Gasteiger partial charge in [-0.3, -0.25) is 4.79 Å². The van der Waals surface area contributed by atoms with E-state index in [2.05, 4.69) is 15.3 Å². The van der Waals surface area contributed by atoms with Crippen LogP contribution in [0.3, 0.4) is 0 Å². The third kappa shape index (κ3) is 3.93. The minimum absolute atomic E-state index is 0.123. The standard InChI is InChI=1S/C14H14ClN3O2/c1-9-3-4-11(15)6-12(9)18-13(19)7-20-14-5-10(2)16-8-17-14/h3-6,8H,7H2,1-2H3,(H,18,19). The van der Waals surface area contributed by atoms with Crippen molar-refractivity contribution in [1.29, 1.82) is 0 Å². The first-order valence-electron chi connectivity index (χ1n) is 6.02. The van der Waals surface area contributed by atoms with Crippen molar-refractivity contribution in [2.24, 2.45) is 0 Å². The molecule has 2 rings (SSSR count). The van der Waals surface area contributed by atoms with E-state index in [1.807, 2.05) is 19.9 Å². The van der Waals surface area contributed by atoms with Crippen molar-refractivity contribution in [2.45, 2.75) is 13.8 Å². The van der Waals surface area contributed by atoms with Gasteiger partial charge in [-0.25, -0.2) is 9.97 Å². The summed E-state index contributed by atoms with van der Waals surface area (Å²) in [6.07, 6.45) is 1.39. The molecular formula is C14H14ClN3O2. The van der Waals surface area contributed by atoms with Crippen LogP contribution in [-0.2, 0) is 4.79 Å². The van der Waals surface area contributed by atoms with Crippen molar-refractivity contribution in [3.8, 4) is 5.88 Å². The topological polar surface area (TPSA) is 64.1 Å². The molecule has 0 radical (unpaired) electrons. The molecule has 0 aliphatic heterocycles. The van der Waals surface area contributed by atoms with Gasteiger partial charge in [0.2, 0.25) is 5.88 Å². The molecule has 0 bridgehead atoms. The number of anilines is 1. The van der Waals surface area contributed by atoms with Gasteiger partial charge in [0.1, 0.15) is 6.33 Å². The lowest BCUT2D eigenvalue weighted by Gasteiger charge is -2.09. The van der Waals surface area contributed by atoms with Gasteiger partial charge >= 0.3 is 0 Å². The molecule has 0 unspecified atom stereocenters. The minimum Gasteiger partial charge on any atom is -0.467 e. The molecular weight excluding hydrogens is 278 g/mol. The number of rotatable bonds is 4. The van der Waals surface area contributed by atoms with Crippen LogP contribution in [0, 0.1) is 13.8 Å². The van der Waals surface area contributed by atoms with Gasteiger partial charge in [0.25, 0.3) is 5.91 Å². The van der Waals surface area contributed by atoms with Crippen LogP contribution in [0.25, 0.3) is 0 Å². The van der Waals surface area contributed by atoms with Crippen molar-refractivity contribution in [1.82, 2.24) is 9.97 Å². The molecule has 1 heterocycles. The molecule has 0 spiro atoms. The van der Waals surface area contributed by atoms with Gasteiger partial charge in [-0.05, 0) is 31.5 Å². The lowest BCUT2D eigenvalue weighted by Crippen LogP contribution is -2.21. The highest BCUT2D eigenvalue weighted by molar-refractivity contribution is 6.31. The first kappa shape index (κ1) is 14.3. The van der Waals surface area contributed by atoms with Crippen LogP contribution in [0.4, 0.5) is 5.69 Å². The Kier molecular flexibility index (Phi) is 4.53. The second kappa shape index (κ2) is 6.34. The first-order chi connectivity index (χ1) is 9.54. The van der Waals surface area contributed by atoms with Gasteiger partial charge in [0, 0.05) is 22.5 Å². The maximum absolute atomic E-state index is 11.8. The van der Waals surface area contributed by atoms with E-state index in [1.54, 1.807) is 18.2 Å². The van der Waals surface area contributed by atoms with E-state index in [1.165, 1.54) is 6.33 Å². The quantitative estimate of drug-likeness (QED) is 0.941. The fraction of sp³-hybridized carbons (Fsp3) is 0.214. The zero-order valence-corrected chi connectivity index (χ0v) is 11.9. The summed E-state index contributed by atoms with van der Waals surface area (Å²) in [5.41, 5.74) is 2.38. The average Bonchev–Trinajstić information content (AvgIpc) is 2.41. The Morgan fingerprint density at radius 1 is 1.30 bits per heavy atom. The summed E-state index contributed by atoms with van der Waals surface area (Å²) in [4.78, 5) is 19.7. The first-order valence-corrected chi connectivity index (χ1v) is 6.40. The largest absolute Gasteiger partial charge is 0.467 e. The molecule has 0 atom stereocenters. The molecule has 0 aliphatic rings. The van der Waals surface area contributed by atoms with Crippen molar-refractivity contribution >= 4 is 23.2 Å². The number of ether oxygens (including phenoxy) is 1. The second-order valence-electron chi connectivity index (χ2n) is 4.29. The molecule has 2 aromatic rings. The smallest absolute Gasteiger partial charge is 0.262 e. The molecule has 1 aromatic carbocycles. The Morgan fingerprint density at radius 3 is 2.85 bits per heavy atom. The zero-order chi connectivity index (χ0) is 14.5. The number of carbonyl (C=O) groups is 1. The lowest BCUT2D eigenvalue weighted by atomic mass is 10.2. The van der Waals surface area contributed by atoms with E-state index < -0.39 is 0 Å². The van der Waals surface area contributed by atoms with Gasteiger partial charge in [-0.1, -0.05) is 17.7 Å². The van der Waals surface area contributed by atoms with Crippen LogP contribution in [0.5, 0.6) is 5.88 Å². The number of aryl methyl sites for hydroxylation is 2. The van der Waals surface area contributed by atoms with Crippen LogP contribution in [0.15, 0.2) is 30.6 Å². The van der Waals surface area contributed by atoms with Crippen LogP contribution in [0.2, 0.25) is 5.02 Å². The van der Waals surface area contributed by atoms with Crippen LogP contribution >= 0.6 is 11.6 Å². The molecule has 1 aromatic heterocycles. The Balaban J connectivity index is 1.94. The SMILES string of the molecule is Cc1cc(OCC(=O)Nc2cc(Cl)ccc2C)ncn1. The van der Waals surface area contributed by atoms with E-state index in [-0.39, 0.29) is 12.5 Å². The second-order valence-corrected chi connectivity index (χ2v) is 4.73. The van der Waals surface area contributed by atoms with Gasteiger partial charge in [-0.2, -0.15) is 0 Å². The minimum atomic E-state index is -0.272. The van der Waals surface area contributed by atoms with Gasteiger partial charge in [-0.15, -0.1) is 0 Å². The maximum Gasteiger partial charge on any atom is 0.262 e. The van der Waals surface area contributed by atoms with Crippen LogP contribution < -0.4 is 10.1 Å². The average molecular weight is 292 g/mol. The van der Waals surface area contributed by atoms with E-state index in [9.17, 15) is 4.79 Å². The predicted molar refractivity (Wildman–Crippen MR) is 77.1 cm³/mol. The number of carbonyl (C=O) groups excluding carboxylic acids is 1. The zero-order valence-electron chi connectivity index (χ0n) is 11.2. The molecule has 20 heavy (non-hydrogen) atoms. The number of amides is 1. The molecule has 0 fully saturated rings. The van der Waals surface area contributed by atoms with Crippen molar-refractivity contribution in [3.05, 3.63) is 46.9 Å². The Morgan fingerprint density at radius 2 is 2.10 bits per heavy atom. The Labute approximate surface area is 122 Å². The molecule has 5 nitrogen and oxygen atoms in total. The van der Waals surface area contributed by atoms with Crippen LogP contribution in [0.1, 0.15) is 11.3 Å².